The highest BCUT2D eigenvalue weighted by molar-refractivity contribution is 6.30. The molecule has 0 radical (unpaired) electrons. The van der Waals surface area contributed by atoms with Crippen LogP contribution in [0, 0.1) is 6.92 Å². The molecule has 4 amide bonds. The van der Waals surface area contributed by atoms with Crippen molar-refractivity contribution in [2.45, 2.75) is 38.4 Å². The molecule has 1 unspecified atom stereocenters. The number of likely N-dealkylation sites (tertiary alicyclic amines) is 1. The van der Waals surface area contributed by atoms with Crippen LogP contribution in [0.15, 0.2) is 60.8 Å². The van der Waals surface area contributed by atoms with Gasteiger partial charge in [0.15, 0.2) is 0 Å². The number of imidazole rings is 1. The number of hydrogen-bond donors (Lipinski definition) is 1. The van der Waals surface area contributed by atoms with Gasteiger partial charge in [-0.2, -0.15) is 0 Å². The van der Waals surface area contributed by atoms with Crippen molar-refractivity contribution in [3.8, 4) is 0 Å². The largest absolute Gasteiger partial charge is 0.340 e. The van der Waals surface area contributed by atoms with Gasteiger partial charge < -0.3 is 15.1 Å². The number of aromatic nitrogens is 2. The molecule has 192 valence electrons. The monoisotopic (exact) mass is 520 g/mol. The van der Waals surface area contributed by atoms with Crippen LogP contribution in [0.4, 0.5) is 15.3 Å². The predicted molar refractivity (Wildman–Crippen MR) is 140 cm³/mol. The third-order valence-corrected chi connectivity index (χ3v) is 7.42. The van der Waals surface area contributed by atoms with E-state index < -0.39 is 12.1 Å². The minimum absolute atomic E-state index is 0.0468. The van der Waals surface area contributed by atoms with Crippen LogP contribution in [0.5, 0.6) is 0 Å². The van der Waals surface area contributed by atoms with E-state index in [1.807, 2.05) is 42.2 Å². The summed E-state index contributed by atoms with van der Waals surface area (Å²) in [7, 11) is 1.65. The van der Waals surface area contributed by atoms with E-state index in [1.54, 1.807) is 47.0 Å². The molecule has 3 aromatic rings. The van der Waals surface area contributed by atoms with Crippen LogP contribution in [0.1, 0.15) is 36.0 Å². The molecule has 0 bridgehead atoms. The van der Waals surface area contributed by atoms with Gasteiger partial charge in [0, 0.05) is 36.9 Å². The first kappa shape index (κ1) is 24.8. The molecule has 2 aliphatic heterocycles. The molecule has 0 spiro atoms. The van der Waals surface area contributed by atoms with Gasteiger partial charge in [-0.1, -0.05) is 41.9 Å². The van der Waals surface area contributed by atoms with E-state index in [1.165, 1.54) is 4.90 Å². The van der Waals surface area contributed by atoms with E-state index >= 15 is 0 Å². The Morgan fingerprint density at radius 3 is 2.41 bits per heavy atom. The Bertz CT molecular complexity index is 1300. The van der Waals surface area contributed by atoms with Gasteiger partial charge in [0.25, 0.3) is 0 Å². The molecule has 9 nitrogen and oxygen atoms in total. The summed E-state index contributed by atoms with van der Waals surface area (Å²) in [5.41, 5.74) is 2.27. The van der Waals surface area contributed by atoms with Crippen molar-refractivity contribution in [3.63, 3.8) is 0 Å². The molecule has 2 aromatic carbocycles. The maximum atomic E-state index is 13.7. The summed E-state index contributed by atoms with van der Waals surface area (Å²) in [4.78, 5) is 49.1. The SMILES string of the molecule is Cc1ncc2n1C(=O)N(C1CCN(C(=O)C(NC(=O)N(C)c3ccc(Cl)cc3)c3ccccc3)CC1)C2. The first-order chi connectivity index (χ1) is 17.8. The van der Waals surface area contributed by atoms with Gasteiger partial charge in [0.2, 0.25) is 5.91 Å². The van der Waals surface area contributed by atoms with Crippen LogP contribution in [0.3, 0.4) is 0 Å². The summed E-state index contributed by atoms with van der Waals surface area (Å²) >= 11 is 5.98. The van der Waals surface area contributed by atoms with Crippen molar-refractivity contribution in [1.29, 1.82) is 0 Å². The number of fused-ring (bicyclic) bond motifs is 1. The van der Waals surface area contributed by atoms with E-state index in [2.05, 4.69) is 10.3 Å². The molecule has 1 fully saturated rings. The number of nitrogens with zero attached hydrogens (tertiary/aromatic N) is 5. The lowest BCUT2D eigenvalue weighted by atomic mass is 10.0. The van der Waals surface area contributed by atoms with E-state index in [0.717, 1.165) is 5.69 Å². The molecule has 1 atom stereocenters. The maximum Gasteiger partial charge on any atom is 0.330 e. The van der Waals surface area contributed by atoms with Gasteiger partial charge >= 0.3 is 12.1 Å². The van der Waals surface area contributed by atoms with Gasteiger partial charge in [0.05, 0.1) is 18.4 Å². The number of benzene rings is 2. The molecular formula is C27H29ClN6O3. The average molecular weight is 521 g/mol. The highest BCUT2D eigenvalue weighted by atomic mass is 35.5. The van der Waals surface area contributed by atoms with Crippen LogP contribution in [0.25, 0.3) is 0 Å². The highest BCUT2D eigenvalue weighted by Gasteiger charge is 2.37. The lowest BCUT2D eigenvalue weighted by Crippen LogP contribution is -2.51. The zero-order chi connectivity index (χ0) is 26.1. The summed E-state index contributed by atoms with van der Waals surface area (Å²) in [6.07, 6.45) is 3.10. The second kappa shape index (κ2) is 10.3. The first-order valence-electron chi connectivity index (χ1n) is 12.3. The minimum atomic E-state index is -0.831. The van der Waals surface area contributed by atoms with Crippen molar-refractivity contribution < 1.29 is 14.4 Å². The zero-order valence-electron chi connectivity index (χ0n) is 20.8. The molecular weight excluding hydrogens is 492 g/mol. The number of nitrogens with one attached hydrogen (secondary N) is 1. The Morgan fingerprint density at radius 1 is 1.08 bits per heavy atom. The quantitative estimate of drug-likeness (QED) is 0.545. The number of hydrogen-bond acceptors (Lipinski definition) is 4. The molecule has 1 saturated heterocycles. The number of carbonyl (C=O) groups excluding carboxylic acids is 3. The van der Waals surface area contributed by atoms with Crippen LogP contribution in [-0.4, -0.2) is 63.5 Å². The Balaban J connectivity index is 1.26. The average Bonchev–Trinajstić information content (AvgIpc) is 3.46. The van der Waals surface area contributed by atoms with Crippen LogP contribution < -0.4 is 10.2 Å². The summed E-state index contributed by atoms with van der Waals surface area (Å²) in [5, 5.41) is 3.50. The van der Waals surface area contributed by atoms with Crippen LogP contribution in [-0.2, 0) is 11.3 Å². The number of anilines is 1. The normalized spacial score (nSPS) is 16.5. The van der Waals surface area contributed by atoms with Crippen molar-refractivity contribution in [1.82, 2.24) is 24.7 Å². The number of amides is 4. The minimum Gasteiger partial charge on any atom is -0.340 e. The molecule has 2 aliphatic rings. The third-order valence-electron chi connectivity index (χ3n) is 7.16. The summed E-state index contributed by atoms with van der Waals surface area (Å²) < 4.78 is 1.66. The fourth-order valence-corrected chi connectivity index (χ4v) is 5.16. The summed E-state index contributed by atoms with van der Waals surface area (Å²) in [5.74, 6) is 0.529. The number of piperidine rings is 1. The van der Waals surface area contributed by atoms with Crippen molar-refractivity contribution in [2.24, 2.45) is 0 Å². The highest BCUT2D eigenvalue weighted by Crippen LogP contribution is 2.27. The first-order valence-corrected chi connectivity index (χ1v) is 12.7. The maximum absolute atomic E-state index is 13.7. The number of urea groups is 1. The van der Waals surface area contributed by atoms with E-state index in [-0.39, 0.29) is 18.0 Å². The van der Waals surface area contributed by atoms with E-state index in [4.69, 9.17) is 11.6 Å². The van der Waals surface area contributed by atoms with Gasteiger partial charge in [-0.05, 0) is 49.6 Å². The Kier molecular flexibility index (Phi) is 6.88. The fraction of sp³-hybridized carbons (Fsp3) is 0.333. The number of aryl methyl sites for hydroxylation is 1. The van der Waals surface area contributed by atoms with Crippen LogP contribution in [0.2, 0.25) is 5.02 Å². The third kappa shape index (κ3) is 4.91. The molecule has 5 rings (SSSR count). The Labute approximate surface area is 220 Å². The second-order valence-electron chi connectivity index (χ2n) is 9.43. The van der Waals surface area contributed by atoms with Gasteiger partial charge in [-0.15, -0.1) is 0 Å². The number of rotatable bonds is 5. The van der Waals surface area contributed by atoms with Crippen molar-refractivity contribution >= 4 is 35.3 Å². The zero-order valence-corrected chi connectivity index (χ0v) is 21.6. The lowest BCUT2D eigenvalue weighted by molar-refractivity contribution is -0.134. The molecule has 0 saturated carbocycles. The van der Waals surface area contributed by atoms with Crippen molar-refractivity contribution in [2.75, 3.05) is 25.0 Å². The van der Waals surface area contributed by atoms with E-state index in [0.29, 0.717) is 54.6 Å². The predicted octanol–water partition coefficient (Wildman–Crippen LogP) is 4.21. The summed E-state index contributed by atoms with van der Waals surface area (Å²) in [6.45, 7) is 3.38. The van der Waals surface area contributed by atoms with Gasteiger partial charge in [0.1, 0.15) is 11.9 Å². The smallest absolute Gasteiger partial charge is 0.330 e. The fourth-order valence-electron chi connectivity index (χ4n) is 5.04. The molecule has 0 aliphatic carbocycles. The standard InChI is InChI=1S/C27H29ClN6O3/c1-18-29-16-23-17-33(27(37)34(18)23)22-12-14-32(15-13-22)25(35)24(19-6-4-3-5-7-19)30-26(36)31(2)21-10-8-20(28)9-11-21/h3-11,16,22,24H,12-15,17H2,1-2H3,(H,30,36). The second-order valence-corrected chi connectivity index (χ2v) is 9.86. The van der Waals surface area contributed by atoms with Gasteiger partial charge in [-0.25, -0.2) is 14.6 Å². The molecule has 10 heteroatoms. The molecule has 1 N–H and O–H groups in total. The van der Waals surface area contributed by atoms with Crippen LogP contribution >= 0.6 is 11.6 Å². The molecule has 3 heterocycles. The number of halogens is 1. The van der Waals surface area contributed by atoms with E-state index in [9.17, 15) is 14.4 Å². The van der Waals surface area contributed by atoms with Crippen molar-refractivity contribution in [3.05, 3.63) is 82.9 Å². The lowest BCUT2D eigenvalue weighted by Gasteiger charge is -2.38. The molecule has 1 aromatic heterocycles. The summed E-state index contributed by atoms with van der Waals surface area (Å²) in [6, 6.07) is 15.0. The topological polar surface area (TPSA) is 90.8 Å². The van der Waals surface area contributed by atoms with Gasteiger partial charge in [-0.3, -0.25) is 14.3 Å². The number of carbonyl (C=O) groups is 3. The molecule has 37 heavy (non-hydrogen) atoms. The Hall–Kier alpha value is -3.85. The Morgan fingerprint density at radius 2 is 1.76 bits per heavy atom.